The van der Waals surface area contributed by atoms with Gasteiger partial charge in [0, 0.05) is 32.8 Å². The van der Waals surface area contributed by atoms with Gasteiger partial charge in [0.05, 0.1) is 27.8 Å². The van der Waals surface area contributed by atoms with Crippen molar-refractivity contribution >= 4 is 43.6 Å². The second-order valence-electron chi connectivity index (χ2n) is 11.4. The third-order valence-corrected chi connectivity index (χ3v) is 8.93. The molecule has 0 unspecified atom stereocenters. The Kier molecular flexibility index (Phi) is 6.96. The Bertz CT molecular complexity index is 2460. The average Bonchev–Trinajstić information content (AvgIpc) is 3.66. The fourth-order valence-electron chi connectivity index (χ4n) is 7.02. The van der Waals surface area contributed by atoms with Gasteiger partial charge >= 0.3 is 0 Å². The van der Waals surface area contributed by atoms with Crippen molar-refractivity contribution < 1.29 is 0 Å². The zero-order valence-electron chi connectivity index (χ0n) is 26.1. The van der Waals surface area contributed by atoms with Crippen molar-refractivity contribution in [3.05, 3.63) is 170 Å². The number of fused-ring (bicyclic) bond motifs is 7. The standard InChI is InChI=1S/C42H28N2.C2H6/c1-3-13-29(14-4-1)30-23-25-31(26-24-30)33-17-7-10-20-36(33)44-38-22-12-9-19-35(38)42-40(44)28-27-39-41(42)34-18-8-11-21-37(34)43(39)32-15-5-2-6-16-32;1-2/h1-28H;1-2H3. The summed E-state index contributed by atoms with van der Waals surface area (Å²) < 4.78 is 4.86. The highest BCUT2D eigenvalue weighted by Gasteiger charge is 2.21. The van der Waals surface area contributed by atoms with Crippen molar-refractivity contribution in [2.75, 3.05) is 0 Å². The number of benzene rings is 7. The van der Waals surface area contributed by atoms with E-state index in [0.29, 0.717) is 0 Å². The number of rotatable bonds is 4. The van der Waals surface area contributed by atoms with Gasteiger partial charge in [-0.15, -0.1) is 0 Å². The summed E-state index contributed by atoms with van der Waals surface area (Å²) in [6, 6.07) is 61.3. The van der Waals surface area contributed by atoms with E-state index in [1.807, 2.05) is 13.8 Å². The minimum absolute atomic E-state index is 1.17. The van der Waals surface area contributed by atoms with Crippen LogP contribution in [0.4, 0.5) is 0 Å². The number of hydrogen-bond donors (Lipinski definition) is 0. The molecule has 2 aromatic heterocycles. The molecule has 0 saturated carbocycles. The van der Waals surface area contributed by atoms with Gasteiger partial charge in [0.25, 0.3) is 0 Å². The van der Waals surface area contributed by atoms with Crippen LogP contribution in [0.1, 0.15) is 13.8 Å². The Hall–Kier alpha value is -5.86. The fraction of sp³-hybridized carbons (Fsp3) is 0.0455. The predicted molar refractivity (Wildman–Crippen MR) is 197 cm³/mol. The van der Waals surface area contributed by atoms with Crippen LogP contribution in [-0.2, 0) is 0 Å². The Labute approximate surface area is 269 Å². The first-order valence-electron chi connectivity index (χ1n) is 16.1. The van der Waals surface area contributed by atoms with Gasteiger partial charge in [-0.1, -0.05) is 141 Å². The largest absolute Gasteiger partial charge is 0.309 e. The first-order valence-corrected chi connectivity index (χ1v) is 16.1. The third kappa shape index (κ3) is 4.34. The summed E-state index contributed by atoms with van der Waals surface area (Å²) in [7, 11) is 0. The summed E-state index contributed by atoms with van der Waals surface area (Å²) in [6.45, 7) is 4.00. The molecule has 2 nitrogen and oxygen atoms in total. The maximum absolute atomic E-state index is 2.46. The van der Waals surface area contributed by atoms with E-state index in [2.05, 4.69) is 179 Å². The van der Waals surface area contributed by atoms with E-state index in [1.165, 1.54) is 77.2 Å². The molecule has 0 fully saturated rings. The molecule has 9 rings (SSSR count). The Morgan fingerprint density at radius 2 is 0.783 bits per heavy atom. The van der Waals surface area contributed by atoms with E-state index in [9.17, 15) is 0 Å². The maximum Gasteiger partial charge on any atom is 0.0549 e. The Balaban J connectivity index is 0.00000153. The highest BCUT2D eigenvalue weighted by molar-refractivity contribution is 6.29. The third-order valence-electron chi connectivity index (χ3n) is 8.93. The Morgan fingerprint density at radius 3 is 1.43 bits per heavy atom. The highest BCUT2D eigenvalue weighted by Crippen LogP contribution is 2.43. The second kappa shape index (κ2) is 11.6. The molecule has 0 bridgehead atoms. The van der Waals surface area contributed by atoms with Crippen molar-refractivity contribution in [1.29, 1.82) is 0 Å². The van der Waals surface area contributed by atoms with E-state index in [4.69, 9.17) is 0 Å². The molecule has 220 valence electrons. The molecular formula is C44H34N2. The molecule has 46 heavy (non-hydrogen) atoms. The van der Waals surface area contributed by atoms with E-state index in [-0.39, 0.29) is 0 Å². The van der Waals surface area contributed by atoms with Gasteiger partial charge in [0.1, 0.15) is 0 Å². The molecule has 0 aliphatic heterocycles. The number of aromatic nitrogens is 2. The van der Waals surface area contributed by atoms with Crippen LogP contribution in [0.5, 0.6) is 0 Å². The molecular weight excluding hydrogens is 556 g/mol. The molecule has 0 aliphatic carbocycles. The van der Waals surface area contributed by atoms with Gasteiger partial charge in [0.2, 0.25) is 0 Å². The van der Waals surface area contributed by atoms with Crippen molar-refractivity contribution in [3.8, 4) is 33.6 Å². The van der Waals surface area contributed by atoms with Gasteiger partial charge in [-0.05, 0) is 59.2 Å². The lowest BCUT2D eigenvalue weighted by Gasteiger charge is -2.14. The van der Waals surface area contributed by atoms with Crippen LogP contribution in [0, 0.1) is 0 Å². The maximum atomic E-state index is 2.46. The van der Waals surface area contributed by atoms with Crippen LogP contribution in [0.3, 0.4) is 0 Å². The minimum Gasteiger partial charge on any atom is -0.309 e. The van der Waals surface area contributed by atoms with Crippen LogP contribution in [0.15, 0.2) is 170 Å². The van der Waals surface area contributed by atoms with Crippen molar-refractivity contribution in [2.24, 2.45) is 0 Å². The van der Waals surface area contributed by atoms with E-state index in [0.717, 1.165) is 0 Å². The summed E-state index contributed by atoms with van der Waals surface area (Å²) in [5.74, 6) is 0. The van der Waals surface area contributed by atoms with Gasteiger partial charge in [-0.25, -0.2) is 0 Å². The smallest absolute Gasteiger partial charge is 0.0549 e. The lowest BCUT2D eigenvalue weighted by Crippen LogP contribution is -1.97. The summed E-state index contributed by atoms with van der Waals surface area (Å²) in [5, 5.41) is 5.11. The first-order chi connectivity index (χ1) is 22.9. The summed E-state index contributed by atoms with van der Waals surface area (Å²) in [6.07, 6.45) is 0. The summed E-state index contributed by atoms with van der Waals surface area (Å²) >= 11 is 0. The van der Waals surface area contributed by atoms with Crippen LogP contribution in [0.25, 0.3) is 77.2 Å². The van der Waals surface area contributed by atoms with Crippen LogP contribution < -0.4 is 0 Å². The lowest BCUT2D eigenvalue weighted by atomic mass is 9.99. The van der Waals surface area contributed by atoms with E-state index < -0.39 is 0 Å². The van der Waals surface area contributed by atoms with Crippen LogP contribution in [-0.4, -0.2) is 9.13 Å². The van der Waals surface area contributed by atoms with Gasteiger partial charge < -0.3 is 9.13 Å². The molecule has 0 amide bonds. The van der Waals surface area contributed by atoms with Gasteiger partial charge in [-0.2, -0.15) is 0 Å². The highest BCUT2D eigenvalue weighted by atomic mass is 15.0. The van der Waals surface area contributed by atoms with Gasteiger partial charge in [-0.3, -0.25) is 0 Å². The first kappa shape index (κ1) is 27.7. The van der Waals surface area contributed by atoms with Gasteiger partial charge in [0.15, 0.2) is 0 Å². The Morgan fingerprint density at radius 1 is 0.326 bits per heavy atom. The number of nitrogens with zero attached hydrogens (tertiary/aromatic N) is 2. The van der Waals surface area contributed by atoms with E-state index in [1.54, 1.807) is 0 Å². The number of hydrogen-bond acceptors (Lipinski definition) is 0. The zero-order chi connectivity index (χ0) is 31.0. The molecule has 0 radical (unpaired) electrons. The zero-order valence-corrected chi connectivity index (χ0v) is 26.1. The molecule has 0 N–H and O–H groups in total. The molecule has 0 atom stereocenters. The fourth-order valence-corrected chi connectivity index (χ4v) is 7.02. The SMILES string of the molecule is CC.c1ccc(-c2ccc(-c3ccccc3-n3c4ccccc4c4c5c6ccccc6n(-c6ccccc6)c5ccc43)cc2)cc1. The quantitative estimate of drug-likeness (QED) is 0.193. The monoisotopic (exact) mass is 590 g/mol. The van der Waals surface area contributed by atoms with Crippen LogP contribution >= 0.6 is 0 Å². The summed E-state index contributed by atoms with van der Waals surface area (Å²) in [4.78, 5) is 0. The van der Waals surface area contributed by atoms with Crippen LogP contribution in [0.2, 0.25) is 0 Å². The molecule has 7 aromatic carbocycles. The molecule has 2 heterocycles. The molecule has 9 aromatic rings. The number of para-hydroxylation sites is 4. The molecule has 0 aliphatic rings. The van der Waals surface area contributed by atoms with Crippen molar-refractivity contribution in [2.45, 2.75) is 13.8 Å². The van der Waals surface area contributed by atoms with Crippen molar-refractivity contribution in [3.63, 3.8) is 0 Å². The molecule has 0 saturated heterocycles. The molecule has 0 spiro atoms. The lowest BCUT2D eigenvalue weighted by molar-refractivity contribution is 1.17. The minimum atomic E-state index is 1.17. The normalized spacial score (nSPS) is 11.3. The van der Waals surface area contributed by atoms with Crippen molar-refractivity contribution in [1.82, 2.24) is 9.13 Å². The average molecular weight is 591 g/mol. The molecule has 2 heteroatoms. The topological polar surface area (TPSA) is 9.86 Å². The second-order valence-corrected chi connectivity index (χ2v) is 11.4. The predicted octanol–water partition coefficient (Wildman–Crippen LogP) is 12.2. The summed E-state index contributed by atoms with van der Waals surface area (Å²) in [5.41, 5.74) is 12.1. The van der Waals surface area contributed by atoms with E-state index >= 15 is 0 Å².